The van der Waals surface area contributed by atoms with Gasteiger partial charge in [0.15, 0.2) is 16.8 Å². The number of amides is 1. The normalized spacial score (nSPS) is 15.8. The zero-order valence-corrected chi connectivity index (χ0v) is 17.8. The maximum Gasteiger partial charge on any atom is 0.256 e. The van der Waals surface area contributed by atoms with Crippen LogP contribution in [0.5, 0.6) is 0 Å². The van der Waals surface area contributed by atoms with E-state index >= 15 is 0 Å². The number of nitrogens with one attached hydrogen (secondary N) is 1. The molecule has 0 aliphatic carbocycles. The summed E-state index contributed by atoms with van der Waals surface area (Å²) in [6, 6.07) is 6.33. The van der Waals surface area contributed by atoms with Gasteiger partial charge in [-0.2, -0.15) is 5.10 Å². The maximum absolute atomic E-state index is 14.1. The number of aryl methyl sites for hydroxylation is 1. The Morgan fingerprint density at radius 3 is 2.69 bits per heavy atom. The summed E-state index contributed by atoms with van der Waals surface area (Å²) in [6.07, 6.45) is 0. The number of aromatic amines is 1. The SMILES string of the molecule is CN(C(=O)c1ccc2c(c1)c(Cl)nn2C)[C@H]1COCc2[nH]c(=O)c3cc(F)c(F)cc3c21. The molecule has 1 N–H and O–H groups in total. The lowest BCUT2D eigenvalue weighted by Gasteiger charge is -2.34. The summed E-state index contributed by atoms with van der Waals surface area (Å²) in [5, 5.41) is 5.34. The Morgan fingerprint density at radius 2 is 1.94 bits per heavy atom. The smallest absolute Gasteiger partial charge is 0.256 e. The number of fused-ring (bicyclic) bond motifs is 4. The Balaban J connectivity index is 1.61. The number of pyridine rings is 1. The number of aromatic nitrogens is 3. The van der Waals surface area contributed by atoms with E-state index in [2.05, 4.69) is 10.1 Å². The number of likely N-dealkylation sites (N-methyl/N-ethyl adjacent to an activating group) is 1. The number of halogens is 3. The van der Waals surface area contributed by atoms with Gasteiger partial charge in [-0.3, -0.25) is 14.3 Å². The molecule has 1 aliphatic heterocycles. The van der Waals surface area contributed by atoms with Crippen LogP contribution in [0, 0.1) is 11.6 Å². The largest absolute Gasteiger partial charge is 0.373 e. The molecule has 3 heterocycles. The minimum absolute atomic E-state index is 0.0129. The maximum atomic E-state index is 14.1. The number of hydrogen-bond donors (Lipinski definition) is 1. The van der Waals surface area contributed by atoms with Crippen molar-refractivity contribution in [3.63, 3.8) is 0 Å². The van der Waals surface area contributed by atoms with Crippen LogP contribution in [0.4, 0.5) is 8.78 Å². The predicted octanol–water partition coefficient (Wildman–Crippen LogP) is 3.69. The molecular formula is C22H17ClF2N4O3. The van der Waals surface area contributed by atoms with Crippen molar-refractivity contribution in [2.75, 3.05) is 13.7 Å². The molecular weight excluding hydrogens is 442 g/mol. The fourth-order valence-corrected chi connectivity index (χ4v) is 4.51. The number of benzene rings is 2. The van der Waals surface area contributed by atoms with Crippen molar-refractivity contribution < 1.29 is 18.3 Å². The van der Waals surface area contributed by atoms with Crippen molar-refractivity contribution in [2.45, 2.75) is 12.6 Å². The molecule has 164 valence electrons. The van der Waals surface area contributed by atoms with Crippen molar-refractivity contribution >= 4 is 39.2 Å². The number of carbonyl (C=O) groups is 1. The Bertz CT molecular complexity index is 1480. The molecule has 2 aromatic carbocycles. The first kappa shape index (κ1) is 20.6. The number of H-pyrrole nitrogens is 1. The average Bonchev–Trinajstić information content (AvgIpc) is 3.06. The second-order valence-electron chi connectivity index (χ2n) is 7.75. The molecule has 32 heavy (non-hydrogen) atoms. The van der Waals surface area contributed by atoms with Crippen molar-refractivity contribution in [3.8, 4) is 0 Å². The third-order valence-corrected chi connectivity index (χ3v) is 6.16. The van der Waals surface area contributed by atoms with Gasteiger partial charge in [-0.05, 0) is 35.7 Å². The standard InChI is InChI=1S/C22H17ClF2N4O3/c1-28(22(31)10-3-4-17-13(5-10)20(23)27-29(17)2)18-9-32-8-16-19(18)11-6-14(24)15(25)7-12(11)21(30)26-16/h3-7,18H,8-9H2,1-2H3,(H,26,30)/t18-/m0/s1. The molecule has 2 aromatic heterocycles. The molecule has 10 heteroatoms. The third-order valence-electron chi connectivity index (χ3n) is 5.88. The Hall–Kier alpha value is -3.30. The van der Waals surface area contributed by atoms with Gasteiger partial charge in [-0.1, -0.05) is 11.6 Å². The van der Waals surface area contributed by atoms with E-state index in [1.165, 1.54) is 4.90 Å². The molecule has 0 bridgehead atoms. The summed E-state index contributed by atoms with van der Waals surface area (Å²) in [5.41, 5.74) is 1.57. The molecule has 1 amide bonds. The van der Waals surface area contributed by atoms with Crippen LogP contribution in [0.3, 0.4) is 0 Å². The van der Waals surface area contributed by atoms with Crippen molar-refractivity contribution in [1.82, 2.24) is 19.7 Å². The first-order chi connectivity index (χ1) is 15.3. The molecule has 0 fully saturated rings. The van der Waals surface area contributed by atoms with Crippen LogP contribution in [0.1, 0.15) is 27.7 Å². The van der Waals surface area contributed by atoms with Crippen LogP contribution in [0.2, 0.25) is 5.15 Å². The first-order valence-electron chi connectivity index (χ1n) is 9.77. The Morgan fingerprint density at radius 1 is 1.22 bits per heavy atom. The number of carbonyl (C=O) groups excluding carboxylic acids is 1. The van der Waals surface area contributed by atoms with Crippen LogP contribution >= 0.6 is 11.6 Å². The molecule has 1 atom stereocenters. The first-order valence-corrected chi connectivity index (χ1v) is 10.1. The zero-order chi connectivity index (χ0) is 22.7. The highest BCUT2D eigenvalue weighted by atomic mass is 35.5. The van der Waals surface area contributed by atoms with E-state index in [9.17, 15) is 18.4 Å². The monoisotopic (exact) mass is 458 g/mol. The topological polar surface area (TPSA) is 80.2 Å². The van der Waals surface area contributed by atoms with Crippen LogP contribution in [0.25, 0.3) is 21.7 Å². The highest BCUT2D eigenvalue weighted by molar-refractivity contribution is 6.34. The van der Waals surface area contributed by atoms with E-state index in [0.717, 1.165) is 17.6 Å². The fraction of sp³-hybridized carbons (Fsp3) is 0.227. The molecule has 0 unspecified atom stereocenters. The van der Waals surface area contributed by atoms with E-state index < -0.39 is 23.2 Å². The number of ether oxygens (including phenoxy) is 1. The Kier molecular flexibility index (Phi) is 4.75. The minimum atomic E-state index is -1.11. The predicted molar refractivity (Wildman–Crippen MR) is 115 cm³/mol. The summed E-state index contributed by atoms with van der Waals surface area (Å²) >= 11 is 6.18. The summed E-state index contributed by atoms with van der Waals surface area (Å²) in [4.78, 5) is 29.9. The van der Waals surface area contributed by atoms with Crippen LogP contribution in [-0.2, 0) is 18.4 Å². The van der Waals surface area contributed by atoms with Gasteiger partial charge in [0.05, 0.1) is 30.2 Å². The highest BCUT2D eigenvalue weighted by Gasteiger charge is 2.31. The molecule has 5 rings (SSSR count). The van der Waals surface area contributed by atoms with Crippen molar-refractivity contribution in [1.29, 1.82) is 0 Å². The average molecular weight is 459 g/mol. The van der Waals surface area contributed by atoms with E-state index in [-0.39, 0.29) is 35.0 Å². The van der Waals surface area contributed by atoms with E-state index in [1.54, 1.807) is 37.0 Å². The molecule has 0 spiro atoms. The van der Waals surface area contributed by atoms with Crippen molar-refractivity contribution in [2.24, 2.45) is 7.05 Å². The number of nitrogens with zero attached hydrogens (tertiary/aromatic N) is 3. The highest BCUT2D eigenvalue weighted by Crippen LogP contribution is 2.34. The van der Waals surface area contributed by atoms with Gasteiger partial charge >= 0.3 is 0 Å². The summed E-state index contributed by atoms with van der Waals surface area (Å²) < 4.78 is 35.1. The lowest BCUT2D eigenvalue weighted by Crippen LogP contribution is -2.37. The van der Waals surface area contributed by atoms with Gasteiger partial charge in [0.1, 0.15) is 0 Å². The summed E-state index contributed by atoms with van der Waals surface area (Å²) in [7, 11) is 3.35. The van der Waals surface area contributed by atoms with Gasteiger partial charge in [0.2, 0.25) is 0 Å². The molecule has 7 nitrogen and oxygen atoms in total. The van der Waals surface area contributed by atoms with E-state index in [1.807, 2.05) is 0 Å². The van der Waals surface area contributed by atoms with Crippen LogP contribution in [-0.4, -0.2) is 39.2 Å². The molecule has 1 aliphatic rings. The fourth-order valence-electron chi connectivity index (χ4n) is 4.25. The molecule has 0 saturated heterocycles. The van der Waals surface area contributed by atoms with Gasteiger partial charge in [0.25, 0.3) is 11.5 Å². The Labute approximate surface area is 185 Å². The molecule has 0 saturated carbocycles. The number of hydrogen-bond acceptors (Lipinski definition) is 4. The van der Waals surface area contributed by atoms with Crippen LogP contribution < -0.4 is 5.56 Å². The van der Waals surface area contributed by atoms with Gasteiger partial charge in [-0.25, -0.2) is 8.78 Å². The van der Waals surface area contributed by atoms with Crippen LogP contribution in [0.15, 0.2) is 35.1 Å². The quantitative estimate of drug-likeness (QED) is 0.497. The number of rotatable bonds is 2. The lowest BCUT2D eigenvalue weighted by molar-refractivity contribution is 0.0336. The van der Waals surface area contributed by atoms with Gasteiger partial charge in [-0.15, -0.1) is 0 Å². The summed E-state index contributed by atoms with van der Waals surface area (Å²) in [6.45, 7) is 0.223. The summed E-state index contributed by atoms with van der Waals surface area (Å²) in [5.74, 6) is -2.51. The lowest BCUT2D eigenvalue weighted by atomic mass is 9.95. The molecule has 0 radical (unpaired) electrons. The van der Waals surface area contributed by atoms with Crippen molar-refractivity contribution in [3.05, 3.63) is 74.3 Å². The van der Waals surface area contributed by atoms with E-state index in [4.69, 9.17) is 16.3 Å². The zero-order valence-electron chi connectivity index (χ0n) is 17.1. The van der Waals surface area contributed by atoms with Gasteiger partial charge in [0, 0.05) is 36.3 Å². The second-order valence-corrected chi connectivity index (χ2v) is 8.11. The van der Waals surface area contributed by atoms with E-state index in [0.29, 0.717) is 22.2 Å². The third kappa shape index (κ3) is 3.08. The molecule has 4 aromatic rings. The van der Waals surface area contributed by atoms with Gasteiger partial charge < -0.3 is 14.6 Å². The minimum Gasteiger partial charge on any atom is -0.373 e. The second kappa shape index (κ2) is 7.39.